The van der Waals surface area contributed by atoms with E-state index in [-0.39, 0.29) is 5.41 Å². The first-order chi connectivity index (χ1) is 10.2. The Morgan fingerprint density at radius 1 is 0.857 bits per heavy atom. The first kappa shape index (κ1) is 17.2. The smallest absolute Gasteiger partial charge is 0.0717 e. The van der Waals surface area contributed by atoms with Gasteiger partial charge in [0.25, 0.3) is 0 Å². The summed E-state index contributed by atoms with van der Waals surface area (Å²) >= 11 is 11.0. The topological polar surface area (TPSA) is 9.23 Å². The van der Waals surface area contributed by atoms with Crippen LogP contribution < -0.4 is 0 Å². The molecular formula is C17H17Br3O. The third kappa shape index (κ3) is 4.41. The van der Waals surface area contributed by atoms with Crippen LogP contribution in [-0.4, -0.2) is 17.3 Å². The lowest BCUT2D eigenvalue weighted by atomic mass is 9.85. The van der Waals surface area contributed by atoms with Gasteiger partial charge in [-0.1, -0.05) is 96.3 Å². The van der Waals surface area contributed by atoms with Crippen LogP contribution in [-0.2, 0) is 16.8 Å². The molecule has 2 aromatic carbocycles. The molecule has 1 nitrogen and oxygen atoms in total. The zero-order valence-corrected chi connectivity index (χ0v) is 16.3. The van der Waals surface area contributed by atoms with Crippen molar-refractivity contribution in [2.24, 2.45) is 0 Å². The van der Waals surface area contributed by atoms with Gasteiger partial charge in [0.15, 0.2) is 0 Å². The second-order valence-corrected chi connectivity index (χ2v) is 6.98. The van der Waals surface area contributed by atoms with Gasteiger partial charge in [0.05, 0.1) is 13.2 Å². The fourth-order valence-corrected chi connectivity index (χ4v) is 4.73. The van der Waals surface area contributed by atoms with Gasteiger partial charge in [0.2, 0.25) is 0 Å². The van der Waals surface area contributed by atoms with Gasteiger partial charge in [-0.2, -0.15) is 0 Å². The number of rotatable bonds is 7. The molecule has 0 saturated heterocycles. The highest BCUT2D eigenvalue weighted by Crippen LogP contribution is 2.34. The Bertz CT molecular complexity index is 553. The molecule has 0 bridgehead atoms. The van der Waals surface area contributed by atoms with Crippen molar-refractivity contribution in [2.75, 3.05) is 17.3 Å². The number of ether oxygens (including phenoxy) is 1. The summed E-state index contributed by atoms with van der Waals surface area (Å²) in [4.78, 5) is 0. The van der Waals surface area contributed by atoms with Gasteiger partial charge in [-0.05, 0) is 17.2 Å². The highest BCUT2D eigenvalue weighted by molar-refractivity contribution is 9.10. The van der Waals surface area contributed by atoms with Crippen molar-refractivity contribution in [3.05, 3.63) is 70.2 Å². The molecule has 0 saturated carbocycles. The maximum atomic E-state index is 6.00. The van der Waals surface area contributed by atoms with Crippen LogP contribution in [0.5, 0.6) is 0 Å². The van der Waals surface area contributed by atoms with E-state index in [0.29, 0.717) is 13.2 Å². The maximum Gasteiger partial charge on any atom is 0.0717 e. The first-order valence-electron chi connectivity index (χ1n) is 6.70. The summed E-state index contributed by atoms with van der Waals surface area (Å²) in [7, 11) is 0. The Balaban J connectivity index is 2.10. The van der Waals surface area contributed by atoms with Crippen molar-refractivity contribution < 1.29 is 4.74 Å². The summed E-state index contributed by atoms with van der Waals surface area (Å²) in [5.41, 5.74) is 2.36. The van der Waals surface area contributed by atoms with Crippen molar-refractivity contribution in [3.63, 3.8) is 0 Å². The SMILES string of the molecule is BrCC(CBr)(COCc1ccccc1)c1ccccc1Br. The number of halogens is 3. The Hall–Kier alpha value is -0.160. The van der Waals surface area contributed by atoms with E-state index in [4.69, 9.17) is 4.74 Å². The van der Waals surface area contributed by atoms with Crippen LogP contribution in [0.25, 0.3) is 0 Å². The fourth-order valence-electron chi connectivity index (χ4n) is 2.16. The molecule has 0 N–H and O–H groups in total. The average Bonchev–Trinajstić information content (AvgIpc) is 2.54. The zero-order chi connectivity index (χ0) is 15.1. The van der Waals surface area contributed by atoms with Crippen molar-refractivity contribution >= 4 is 47.8 Å². The molecule has 0 aromatic heterocycles. The second kappa shape index (κ2) is 8.47. The lowest BCUT2D eigenvalue weighted by Crippen LogP contribution is -2.36. The predicted molar refractivity (Wildman–Crippen MR) is 99.5 cm³/mol. The Kier molecular flexibility index (Phi) is 6.93. The monoisotopic (exact) mass is 474 g/mol. The molecule has 21 heavy (non-hydrogen) atoms. The number of alkyl halides is 2. The molecule has 0 aliphatic carbocycles. The molecule has 0 aliphatic rings. The first-order valence-corrected chi connectivity index (χ1v) is 9.74. The molecule has 0 atom stereocenters. The normalized spacial score (nSPS) is 11.6. The van der Waals surface area contributed by atoms with Crippen LogP contribution in [0, 0.1) is 0 Å². The standard InChI is InChI=1S/C17H17Br3O/c18-11-17(12-19,15-8-4-5-9-16(15)20)13-21-10-14-6-2-1-3-7-14/h1-9H,10-13H2. The van der Waals surface area contributed by atoms with Crippen LogP contribution >= 0.6 is 47.8 Å². The molecule has 4 heteroatoms. The quantitative estimate of drug-likeness (QED) is 0.466. The largest absolute Gasteiger partial charge is 0.376 e. The average molecular weight is 477 g/mol. The second-order valence-electron chi connectivity index (χ2n) is 5.01. The molecule has 2 aromatic rings. The summed E-state index contributed by atoms with van der Waals surface area (Å²) in [5.74, 6) is 0. The molecule has 0 unspecified atom stereocenters. The molecule has 0 fully saturated rings. The van der Waals surface area contributed by atoms with Crippen LogP contribution in [0.1, 0.15) is 11.1 Å². The van der Waals surface area contributed by atoms with E-state index >= 15 is 0 Å². The summed E-state index contributed by atoms with van der Waals surface area (Å²) in [6, 6.07) is 18.6. The van der Waals surface area contributed by atoms with Gasteiger partial charge in [-0.15, -0.1) is 0 Å². The van der Waals surface area contributed by atoms with Gasteiger partial charge in [-0.25, -0.2) is 0 Å². The number of hydrogen-bond donors (Lipinski definition) is 0. The summed E-state index contributed by atoms with van der Waals surface area (Å²) < 4.78 is 7.11. The van der Waals surface area contributed by atoms with E-state index in [1.807, 2.05) is 24.3 Å². The molecule has 0 amide bonds. The molecule has 112 valence electrons. The van der Waals surface area contributed by atoms with Crippen molar-refractivity contribution in [1.82, 2.24) is 0 Å². The van der Waals surface area contributed by atoms with E-state index in [1.165, 1.54) is 11.1 Å². The molecule has 2 rings (SSSR count). The van der Waals surface area contributed by atoms with Crippen LogP contribution in [0.3, 0.4) is 0 Å². The van der Waals surface area contributed by atoms with E-state index in [9.17, 15) is 0 Å². The van der Waals surface area contributed by atoms with Gasteiger partial charge >= 0.3 is 0 Å². The summed E-state index contributed by atoms with van der Waals surface area (Å²) in [6.45, 7) is 1.29. The van der Waals surface area contributed by atoms with E-state index in [2.05, 4.69) is 78.1 Å². The highest BCUT2D eigenvalue weighted by Gasteiger charge is 2.32. The lowest BCUT2D eigenvalue weighted by Gasteiger charge is -2.31. The highest BCUT2D eigenvalue weighted by atomic mass is 79.9. The Labute approximate surface area is 151 Å². The summed E-state index contributed by atoms with van der Waals surface area (Å²) in [6.07, 6.45) is 0. The van der Waals surface area contributed by atoms with Gasteiger partial charge in [0, 0.05) is 20.5 Å². The van der Waals surface area contributed by atoms with Crippen molar-refractivity contribution in [2.45, 2.75) is 12.0 Å². The van der Waals surface area contributed by atoms with Gasteiger partial charge in [-0.3, -0.25) is 0 Å². The predicted octanol–water partition coefficient (Wildman–Crippen LogP) is 5.69. The minimum absolute atomic E-state index is 0.0884. The lowest BCUT2D eigenvalue weighted by molar-refractivity contribution is 0.0860. The molecule has 0 radical (unpaired) electrons. The summed E-state index contributed by atoms with van der Waals surface area (Å²) in [5, 5.41) is 1.67. The Morgan fingerprint density at radius 2 is 1.48 bits per heavy atom. The van der Waals surface area contributed by atoms with E-state index in [0.717, 1.165) is 15.1 Å². The Morgan fingerprint density at radius 3 is 2.10 bits per heavy atom. The maximum absolute atomic E-state index is 6.00. The number of hydrogen-bond acceptors (Lipinski definition) is 1. The molecule has 0 aliphatic heterocycles. The zero-order valence-electron chi connectivity index (χ0n) is 11.6. The minimum atomic E-state index is -0.0884. The van der Waals surface area contributed by atoms with Gasteiger partial charge < -0.3 is 4.74 Å². The van der Waals surface area contributed by atoms with E-state index < -0.39 is 0 Å². The molecule has 0 spiro atoms. The van der Waals surface area contributed by atoms with Crippen LogP contribution in [0.15, 0.2) is 59.1 Å². The third-order valence-corrected chi connectivity index (χ3v) is 6.28. The molecule has 0 heterocycles. The minimum Gasteiger partial charge on any atom is -0.376 e. The fraction of sp³-hybridized carbons (Fsp3) is 0.294. The molecular weight excluding hydrogens is 460 g/mol. The van der Waals surface area contributed by atoms with Crippen LogP contribution in [0.2, 0.25) is 0 Å². The van der Waals surface area contributed by atoms with Gasteiger partial charge in [0.1, 0.15) is 0 Å². The van der Waals surface area contributed by atoms with E-state index in [1.54, 1.807) is 0 Å². The van der Waals surface area contributed by atoms with Crippen molar-refractivity contribution in [1.29, 1.82) is 0 Å². The number of benzene rings is 2. The third-order valence-electron chi connectivity index (χ3n) is 3.45. The van der Waals surface area contributed by atoms with Crippen molar-refractivity contribution in [3.8, 4) is 0 Å². The van der Waals surface area contributed by atoms with Crippen LogP contribution in [0.4, 0.5) is 0 Å².